The second-order valence-electron chi connectivity index (χ2n) is 9.00. The minimum absolute atomic E-state index is 0.0863. The minimum Gasteiger partial charge on any atom is -0.396 e. The maximum atomic E-state index is 13.6. The SMILES string of the molecule is CNC(=O)[C@H]1[C@H]2C(=O)N(CCCCCO)[C@H](C(=O)Nc3c(C)cccc3C)[C@H]2C=C[C@H]1C. The molecule has 1 fully saturated rings. The first kappa shape index (κ1) is 24.0. The molecule has 0 saturated carbocycles. The first-order chi connectivity index (χ1) is 15.3. The first-order valence-corrected chi connectivity index (χ1v) is 11.5. The van der Waals surface area contributed by atoms with Gasteiger partial charge < -0.3 is 20.6 Å². The van der Waals surface area contributed by atoms with Gasteiger partial charge in [0.05, 0.1) is 11.8 Å². The monoisotopic (exact) mass is 441 g/mol. The average Bonchev–Trinajstić information content (AvgIpc) is 3.05. The number of anilines is 1. The highest BCUT2D eigenvalue weighted by atomic mass is 16.3. The molecule has 2 aliphatic rings. The zero-order chi connectivity index (χ0) is 23.4. The molecule has 0 unspecified atom stereocenters. The number of aryl methyl sites for hydroxylation is 2. The predicted octanol–water partition coefficient (Wildman–Crippen LogP) is 2.42. The Labute approximate surface area is 190 Å². The Morgan fingerprint density at radius 1 is 1.06 bits per heavy atom. The summed E-state index contributed by atoms with van der Waals surface area (Å²) in [5, 5.41) is 14.9. The lowest BCUT2D eigenvalue weighted by Crippen LogP contribution is -2.45. The molecule has 1 saturated heterocycles. The molecule has 1 aliphatic heterocycles. The van der Waals surface area contributed by atoms with Gasteiger partial charge >= 0.3 is 0 Å². The number of hydrogen-bond donors (Lipinski definition) is 3. The van der Waals surface area contributed by atoms with Crippen molar-refractivity contribution in [3.8, 4) is 0 Å². The third-order valence-electron chi connectivity index (χ3n) is 6.88. The number of fused-ring (bicyclic) bond motifs is 1. The molecular weight excluding hydrogens is 406 g/mol. The van der Waals surface area contributed by atoms with Crippen LogP contribution in [0.4, 0.5) is 5.69 Å². The average molecular weight is 442 g/mol. The highest BCUT2D eigenvalue weighted by molar-refractivity contribution is 6.02. The number of aliphatic hydroxyl groups is 1. The summed E-state index contributed by atoms with van der Waals surface area (Å²) in [6.07, 6.45) is 6.04. The van der Waals surface area contributed by atoms with Crippen LogP contribution in [0.2, 0.25) is 0 Å². The molecule has 5 atom stereocenters. The summed E-state index contributed by atoms with van der Waals surface area (Å²) >= 11 is 0. The molecule has 3 N–H and O–H groups in total. The van der Waals surface area contributed by atoms with Gasteiger partial charge in [0.15, 0.2) is 0 Å². The summed E-state index contributed by atoms with van der Waals surface area (Å²) in [6.45, 7) is 6.37. The van der Waals surface area contributed by atoms with E-state index in [1.54, 1.807) is 11.9 Å². The normalized spacial score (nSPS) is 26.7. The molecule has 3 amide bonds. The van der Waals surface area contributed by atoms with Crippen molar-refractivity contribution in [2.45, 2.75) is 46.1 Å². The first-order valence-electron chi connectivity index (χ1n) is 11.5. The van der Waals surface area contributed by atoms with E-state index in [0.29, 0.717) is 19.4 Å². The van der Waals surface area contributed by atoms with Crippen molar-refractivity contribution >= 4 is 23.4 Å². The molecule has 0 spiro atoms. The van der Waals surface area contributed by atoms with Crippen molar-refractivity contribution in [2.75, 3.05) is 25.5 Å². The fourth-order valence-corrected chi connectivity index (χ4v) is 5.18. The number of benzene rings is 1. The van der Waals surface area contributed by atoms with Gasteiger partial charge in [-0.1, -0.05) is 37.3 Å². The molecule has 1 aromatic carbocycles. The van der Waals surface area contributed by atoms with Gasteiger partial charge in [-0.05, 0) is 50.2 Å². The Morgan fingerprint density at radius 2 is 1.75 bits per heavy atom. The summed E-state index contributed by atoms with van der Waals surface area (Å²) in [6, 6.07) is 5.17. The molecule has 0 aromatic heterocycles. The summed E-state index contributed by atoms with van der Waals surface area (Å²) in [7, 11) is 1.58. The lowest BCUT2D eigenvalue weighted by Gasteiger charge is -2.32. The van der Waals surface area contributed by atoms with Gasteiger partial charge in [-0.15, -0.1) is 0 Å². The quantitative estimate of drug-likeness (QED) is 0.426. The number of nitrogens with one attached hydrogen (secondary N) is 2. The van der Waals surface area contributed by atoms with Gasteiger partial charge in [0.2, 0.25) is 17.7 Å². The van der Waals surface area contributed by atoms with Crippen molar-refractivity contribution in [3.63, 3.8) is 0 Å². The zero-order valence-electron chi connectivity index (χ0n) is 19.4. The number of nitrogens with zero attached hydrogens (tertiary/aromatic N) is 1. The number of hydrogen-bond acceptors (Lipinski definition) is 4. The third kappa shape index (κ3) is 4.58. The highest BCUT2D eigenvalue weighted by Crippen LogP contribution is 2.44. The molecule has 174 valence electrons. The van der Waals surface area contributed by atoms with Crippen LogP contribution in [-0.4, -0.2) is 54.0 Å². The van der Waals surface area contributed by atoms with Gasteiger partial charge in [0.25, 0.3) is 0 Å². The zero-order valence-corrected chi connectivity index (χ0v) is 19.4. The van der Waals surface area contributed by atoms with Crippen molar-refractivity contribution in [2.24, 2.45) is 23.7 Å². The maximum Gasteiger partial charge on any atom is 0.247 e. The van der Waals surface area contributed by atoms with Crippen LogP contribution in [0.3, 0.4) is 0 Å². The predicted molar refractivity (Wildman–Crippen MR) is 124 cm³/mol. The van der Waals surface area contributed by atoms with E-state index in [1.807, 2.05) is 51.1 Å². The summed E-state index contributed by atoms with van der Waals surface area (Å²) < 4.78 is 0. The number of carbonyl (C=O) groups excluding carboxylic acids is 3. The van der Waals surface area contributed by atoms with E-state index in [1.165, 1.54) is 0 Å². The number of allylic oxidation sites excluding steroid dienone is 1. The maximum absolute atomic E-state index is 13.6. The Morgan fingerprint density at radius 3 is 2.38 bits per heavy atom. The van der Waals surface area contributed by atoms with Gasteiger partial charge in [-0.25, -0.2) is 0 Å². The standard InChI is InChI=1S/C25H35N3O4/c1-15-11-12-18-20(19(15)23(30)26-4)25(32)28(13-6-5-7-14-29)22(18)24(31)27-21-16(2)9-8-10-17(21)3/h8-12,15,18-20,22,29H,5-7,13-14H2,1-4H3,(H,26,30)(H,27,31)/t15-,18+,19-,20+,22+/m1/s1. The summed E-state index contributed by atoms with van der Waals surface area (Å²) in [4.78, 5) is 41.5. The van der Waals surface area contributed by atoms with Crippen molar-refractivity contribution in [1.82, 2.24) is 10.2 Å². The van der Waals surface area contributed by atoms with E-state index >= 15 is 0 Å². The van der Waals surface area contributed by atoms with Crippen LogP contribution >= 0.6 is 0 Å². The van der Waals surface area contributed by atoms with Crippen LogP contribution < -0.4 is 10.6 Å². The van der Waals surface area contributed by atoms with Crippen molar-refractivity contribution in [3.05, 3.63) is 41.5 Å². The van der Waals surface area contributed by atoms with Crippen LogP contribution in [0.25, 0.3) is 0 Å². The van der Waals surface area contributed by atoms with E-state index in [4.69, 9.17) is 5.11 Å². The van der Waals surface area contributed by atoms with Crippen LogP contribution in [0.5, 0.6) is 0 Å². The number of amides is 3. The largest absolute Gasteiger partial charge is 0.396 e. The Bertz CT molecular complexity index is 877. The molecular formula is C25H35N3O4. The second-order valence-corrected chi connectivity index (χ2v) is 9.00. The Balaban J connectivity index is 1.94. The van der Waals surface area contributed by atoms with Crippen LogP contribution in [0.1, 0.15) is 37.3 Å². The van der Waals surface area contributed by atoms with Crippen molar-refractivity contribution in [1.29, 1.82) is 0 Å². The smallest absolute Gasteiger partial charge is 0.247 e. The molecule has 1 aromatic rings. The second kappa shape index (κ2) is 10.3. The number of para-hydroxylation sites is 1. The summed E-state index contributed by atoms with van der Waals surface area (Å²) in [5.74, 6) is -2.02. The van der Waals surface area contributed by atoms with E-state index in [-0.39, 0.29) is 36.2 Å². The van der Waals surface area contributed by atoms with Gasteiger partial charge in [0, 0.05) is 31.8 Å². The lowest BCUT2D eigenvalue weighted by molar-refractivity contribution is -0.140. The lowest BCUT2D eigenvalue weighted by atomic mass is 9.70. The fraction of sp³-hybridized carbons (Fsp3) is 0.560. The van der Waals surface area contributed by atoms with Crippen LogP contribution in [-0.2, 0) is 14.4 Å². The summed E-state index contributed by atoms with van der Waals surface area (Å²) in [5.41, 5.74) is 2.69. The molecule has 1 heterocycles. The van der Waals surface area contributed by atoms with Crippen LogP contribution in [0.15, 0.2) is 30.4 Å². The van der Waals surface area contributed by atoms with Gasteiger partial charge in [-0.2, -0.15) is 0 Å². The molecule has 1 aliphatic carbocycles. The molecule has 3 rings (SSSR count). The number of unbranched alkanes of at least 4 members (excludes halogenated alkanes) is 2. The Hall–Kier alpha value is -2.67. The topological polar surface area (TPSA) is 98.7 Å². The van der Waals surface area contributed by atoms with E-state index in [0.717, 1.165) is 23.2 Å². The number of rotatable bonds is 8. The van der Waals surface area contributed by atoms with Gasteiger partial charge in [-0.3, -0.25) is 14.4 Å². The van der Waals surface area contributed by atoms with Crippen LogP contribution in [0, 0.1) is 37.5 Å². The van der Waals surface area contributed by atoms with E-state index in [9.17, 15) is 14.4 Å². The third-order valence-corrected chi connectivity index (χ3v) is 6.88. The molecule has 32 heavy (non-hydrogen) atoms. The highest BCUT2D eigenvalue weighted by Gasteiger charge is 2.56. The molecule has 7 nitrogen and oxygen atoms in total. The number of likely N-dealkylation sites (tertiary alicyclic amines) is 1. The molecule has 0 bridgehead atoms. The minimum atomic E-state index is -0.670. The Kier molecular flexibility index (Phi) is 7.72. The molecule has 7 heteroatoms. The van der Waals surface area contributed by atoms with Crippen molar-refractivity contribution < 1.29 is 19.5 Å². The molecule has 0 radical (unpaired) electrons. The number of aliphatic hydroxyl groups excluding tert-OH is 1. The number of carbonyl (C=O) groups is 3. The van der Waals surface area contributed by atoms with E-state index in [2.05, 4.69) is 10.6 Å². The fourth-order valence-electron chi connectivity index (χ4n) is 5.18. The van der Waals surface area contributed by atoms with Gasteiger partial charge in [0.1, 0.15) is 6.04 Å². The van der Waals surface area contributed by atoms with E-state index < -0.39 is 17.9 Å².